The highest BCUT2D eigenvalue weighted by Crippen LogP contribution is 2.40. The number of ether oxygens (including phenoxy) is 2. The average Bonchev–Trinajstić information content (AvgIpc) is 3.04. The second kappa shape index (κ2) is 14.8. The highest BCUT2D eigenvalue weighted by Gasteiger charge is 2.37. The summed E-state index contributed by atoms with van der Waals surface area (Å²) in [5.41, 5.74) is 0. The number of aliphatic carboxylic acids is 1. The van der Waals surface area contributed by atoms with Gasteiger partial charge in [0.1, 0.15) is 6.17 Å². The number of allylic oxidation sites excluding steroid dienone is 4. The third kappa shape index (κ3) is 9.32. The first kappa shape index (κ1) is 27.0. The molecule has 2 fully saturated rings. The molecule has 2 rings (SSSR count). The van der Waals surface area contributed by atoms with Crippen LogP contribution in [-0.2, 0) is 14.3 Å². The molecule has 2 N–H and O–H groups in total. The van der Waals surface area contributed by atoms with Crippen molar-refractivity contribution < 1.29 is 28.9 Å². The molecule has 0 aromatic rings. The molecule has 2 aliphatic rings. The van der Waals surface area contributed by atoms with Crippen LogP contribution in [0.5, 0.6) is 0 Å². The highest BCUT2D eigenvalue weighted by atomic mass is 19.1. The summed E-state index contributed by atoms with van der Waals surface area (Å²) in [6.45, 7) is 4.84. The number of hydrogen-bond donors (Lipinski definition) is 2. The van der Waals surface area contributed by atoms with Gasteiger partial charge < -0.3 is 19.7 Å². The van der Waals surface area contributed by atoms with Crippen LogP contribution in [0, 0.1) is 17.8 Å². The highest BCUT2D eigenvalue weighted by molar-refractivity contribution is 5.72. The van der Waals surface area contributed by atoms with Gasteiger partial charge in [-0.1, -0.05) is 51.0 Å². The molecule has 32 heavy (non-hydrogen) atoms. The predicted octanol–water partition coefficient (Wildman–Crippen LogP) is 5.82. The Morgan fingerprint density at radius 2 is 2.06 bits per heavy atom. The van der Waals surface area contributed by atoms with Crippen molar-refractivity contribution in [2.45, 2.75) is 109 Å². The maximum absolute atomic E-state index is 13.9. The van der Waals surface area contributed by atoms with Gasteiger partial charge in [-0.25, -0.2) is 9.18 Å². The molecule has 0 amide bonds. The van der Waals surface area contributed by atoms with Gasteiger partial charge in [0.05, 0.1) is 6.10 Å². The zero-order chi connectivity index (χ0) is 23.3. The van der Waals surface area contributed by atoms with Crippen LogP contribution in [0.3, 0.4) is 0 Å². The molecule has 184 valence electrons. The third-order valence-electron chi connectivity index (χ3n) is 6.78. The molecule has 2 unspecified atom stereocenters. The smallest absolute Gasteiger partial charge is 0.332 e. The lowest BCUT2D eigenvalue weighted by molar-refractivity contribution is -0.201. The molecular weight excluding hydrogens is 411 g/mol. The maximum Gasteiger partial charge on any atom is 0.332 e. The van der Waals surface area contributed by atoms with E-state index in [0.29, 0.717) is 38.2 Å². The van der Waals surface area contributed by atoms with Crippen LogP contribution in [0.2, 0.25) is 0 Å². The molecule has 1 aliphatic heterocycles. The van der Waals surface area contributed by atoms with E-state index >= 15 is 0 Å². The van der Waals surface area contributed by atoms with Gasteiger partial charge >= 0.3 is 5.97 Å². The summed E-state index contributed by atoms with van der Waals surface area (Å²) in [6.07, 6.45) is 13.9. The molecule has 0 aromatic heterocycles. The molecule has 5 nitrogen and oxygen atoms in total. The first-order valence-corrected chi connectivity index (χ1v) is 12.6. The summed E-state index contributed by atoms with van der Waals surface area (Å²) in [7, 11) is 0. The summed E-state index contributed by atoms with van der Waals surface area (Å²) in [5.74, 6) is -0.225. The second-order valence-electron chi connectivity index (χ2n) is 9.47. The van der Waals surface area contributed by atoms with E-state index in [1.165, 1.54) is 0 Å². The molecule has 0 bridgehead atoms. The van der Waals surface area contributed by atoms with E-state index in [4.69, 9.17) is 9.47 Å². The number of carboxylic acids is 1. The zero-order valence-corrected chi connectivity index (χ0v) is 19.8. The standard InChI is InChI=1S/C26H43FO5/c1-3-4-11-20(27)12-10-14-21-19(2)18-23(28)22(21)13-6-5-7-15-24(26(29)30)32-25-16-8-9-17-31-25/h5-6,10,14,19-25,28H,3-4,7-9,11-13,15-18H2,1-2H3,(H,29,30)/t19-,20-,21+,22-,23+,24?,25?/m1/s1. The van der Waals surface area contributed by atoms with Crippen LogP contribution in [0.15, 0.2) is 24.3 Å². The predicted molar refractivity (Wildman–Crippen MR) is 124 cm³/mol. The Kier molecular flexibility index (Phi) is 12.5. The molecule has 6 heteroatoms. The largest absolute Gasteiger partial charge is 0.479 e. The van der Waals surface area contributed by atoms with Crippen molar-refractivity contribution in [2.75, 3.05) is 6.61 Å². The lowest BCUT2D eigenvalue weighted by atomic mass is 9.87. The summed E-state index contributed by atoms with van der Waals surface area (Å²) in [5, 5.41) is 19.9. The number of carbonyl (C=O) groups is 1. The number of carboxylic acid groups (broad SMARTS) is 1. The number of aliphatic hydroxyl groups excluding tert-OH is 1. The fraction of sp³-hybridized carbons (Fsp3) is 0.808. The minimum absolute atomic E-state index is 0.119. The monoisotopic (exact) mass is 454 g/mol. The van der Waals surface area contributed by atoms with Gasteiger partial charge in [0.25, 0.3) is 0 Å². The van der Waals surface area contributed by atoms with E-state index in [-0.39, 0.29) is 17.9 Å². The van der Waals surface area contributed by atoms with E-state index in [1.807, 2.05) is 18.2 Å². The van der Waals surface area contributed by atoms with Crippen molar-refractivity contribution in [3.05, 3.63) is 24.3 Å². The van der Waals surface area contributed by atoms with Crippen LogP contribution >= 0.6 is 0 Å². The minimum atomic E-state index is -0.956. The molecule has 7 atom stereocenters. The van der Waals surface area contributed by atoms with Crippen molar-refractivity contribution in [3.63, 3.8) is 0 Å². The normalized spacial score (nSPS) is 30.8. The van der Waals surface area contributed by atoms with Gasteiger partial charge in [0, 0.05) is 6.61 Å². The van der Waals surface area contributed by atoms with Crippen LogP contribution < -0.4 is 0 Å². The first-order chi connectivity index (χ1) is 15.4. The van der Waals surface area contributed by atoms with Crippen molar-refractivity contribution in [3.8, 4) is 0 Å². The molecule has 0 radical (unpaired) electrons. The van der Waals surface area contributed by atoms with Crippen molar-refractivity contribution in [1.82, 2.24) is 0 Å². The Balaban J connectivity index is 1.78. The number of rotatable bonds is 14. The Morgan fingerprint density at radius 1 is 1.25 bits per heavy atom. The SMILES string of the molecule is CCCC[C@@H](F)CC=C[C@@H]1[C@@H](CC=CCCC(OC2CCCCO2)C(=O)O)[C@@H](O)C[C@H]1C. The van der Waals surface area contributed by atoms with Gasteiger partial charge in [-0.2, -0.15) is 0 Å². The van der Waals surface area contributed by atoms with Crippen LogP contribution in [0.25, 0.3) is 0 Å². The summed E-state index contributed by atoms with van der Waals surface area (Å²) in [4.78, 5) is 11.5. The zero-order valence-electron chi connectivity index (χ0n) is 19.8. The van der Waals surface area contributed by atoms with Gasteiger partial charge in [0.15, 0.2) is 12.4 Å². The second-order valence-corrected chi connectivity index (χ2v) is 9.47. The molecule has 0 spiro atoms. The van der Waals surface area contributed by atoms with E-state index < -0.39 is 24.5 Å². The van der Waals surface area contributed by atoms with Crippen LogP contribution in [-0.4, -0.2) is 47.5 Å². The summed E-state index contributed by atoms with van der Waals surface area (Å²) >= 11 is 0. The molecule has 0 aromatic carbocycles. The Morgan fingerprint density at radius 3 is 2.75 bits per heavy atom. The molecule has 1 aliphatic carbocycles. The van der Waals surface area contributed by atoms with Crippen molar-refractivity contribution in [1.29, 1.82) is 0 Å². The first-order valence-electron chi connectivity index (χ1n) is 12.6. The lowest BCUT2D eigenvalue weighted by Crippen LogP contribution is -2.32. The van der Waals surface area contributed by atoms with E-state index in [1.54, 1.807) is 0 Å². The number of halogens is 1. The minimum Gasteiger partial charge on any atom is -0.479 e. The van der Waals surface area contributed by atoms with Crippen molar-refractivity contribution in [2.24, 2.45) is 17.8 Å². The summed E-state index contributed by atoms with van der Waals surface area (Å²) < 4.78 is 25.0. The Labute approximate surface area is 193 Å². The van der Waals surface area contributed by atoms with Crippen LogP contribution in [0.4, 0.5) is 4.39 Å². The average molecular weight is 455 g/mol. The van der Waals surface area contributed by atoms with Crippen LogP contribution in [0.1, 0.15) is 84.5 Å². The van der Waals surface area contributed by atoms with Gasteiger partial charge in [-0.3, -0.25) is 0 Å². The molecule has 1 saturated heterocycles. The Bertz CT molecular complexity index is 587. The van der Waals surface area contributed by atoms with E-state index in [2.05, 4.69) is 19.9 Å². The fourth-order valence-corrected chi connectivity index (χ4v) is 4.84. The molecular formula is C26H43FO5. The third-order valence-corrected chi connectivity index (χ3v) is 6.78. The number of alkyl halides is 1. The lowest BCUT2D eigenvalue weighted by Gasteiger charge is -2.25. The van der Waals surface area contributed by atoms with E-state index in [9.17, 15) is 19.4 Å². The van der Waals surface area contributed by atoms with Gasteiger partial charge in [-0.15, -0.1) is 0 Å². The number of hydrogen-bond acceptors (Lipinski definition) is 4. The topological polar surface area (TPSA) is 76.0 Å². The Hall–Kier alpha value is -1.24. The fourth-order valence-electron chi connectivity index (χ4n) is 4.84. The summed E-state index contributed by atoms with van der Waals surface area (Å²) in [6, 6.07) is 0. The number of unbranched alkanes of at least 4 members (excludes halogenated alkanes) is 1. The quantitative estimate of drug-likeness (QED) is 0.324. The van der Waals surface area contributed by atoms with E-state index in [0.717, 1.165) is 44.9 Å². The van der Waals surface area contributed by atoms with Crippen molar-refractivity contribution >= 4 is 5.97 Å². The molecule has 1 saturated carbocycles. The van der Waals surface area contributed by atoms with Gasteiger partial charge in [0.2, 0.25) is 0 Å². The molecule has 1 heterocycles. The maximum atomic E-state index is 13.9. The number of aliphatic hydroxyl groups is 1. The van der Waals surface area contributed by atoms with Gasteiger partial charge in [-0.05, 0) is 75.5 Å².